The van der Waals surface area contributed by atoms with Crippen LogP contribution in [0.25, 0.3) is 17.2 Å². The second kappa shape index (κ2) is 8.41. The lowest BCUT2D eigenvalue weighted by molar-refractivity contribution is -0.132. The highest BCUT2D eigenvalue weighted by Crippen LogP contribution is 2.35. The van der Waals surface area contributed by atoms with Crippen LogP contribution in [0.4, 0.5) is 0 Å². The number of hydrogen-bond acceptors (Lipinski definition) is 3. The van der Waals surface area contributed by atoms with E-state index in [0.717, 1.165) is 0 Å². The number of benzene rings is 3. The maximum atomic E-state index is 12.3. The smallest absolute Gasteiger partial charge is 0.352 e. The number of carboxylic acid groups (broad SMARTS) is 1. The summed E-state index contributed by atoms with van der Waals surface area (Å²) in [6, 6.07) is 19.9. The minimum atomic E-state index is -1.28. The van der Waals surface area contributed by atoms with Gasteiger partial charge in [-0.05, 0) is 42.0 Å². The Bertz CT molecular complexity index is 1060. The standard InChI is InChI=1S/C22H16ClNO4/c23-18-9-5-4-8-16(18)17-12-14(10-11-20(17)25)13-19(22(27)28)24-21(26)15-6-2-1-3-7-15/h1-13,25H,(H,24,26)(H,27,28)/b19-13-. The van der Waals surface area contributed by atoms with Gasteiger partial charge in [0.1, 0.15) is 11.4 Å². The van der Waals surface area contributed by atoms with Gasteiger partial charge in [-0.2, -0.15) is 0 Å². The van der Waals surface area contributed by atoms with Crippen LogP contribution in [0, 0.1) is 0 Å². The third-order valence-electron chi connectivity index (χ3n) is 4.01. The van der Waals surface area contributed by atoms with Crippen molar-refractivity contribution in [1.82, 2.24) is 5.32 Å². The number of phenolic OH excluding ortho intramolecular Hbond substituents is 1. The van der Waals surface area contributed by atoms with Crippen molar-refractivity contribution in [3.63, 3.8) is 0 Å². The molecule has 0 aromatic heterocycles. The molecule has 6 heteroatoms. The Labute approximate surface area is 166 Å². The molecule has 0 saturated carbocycles. The third-order valence-corrected chi connectivity index (χ3v) is 4.34. The maximum absolute atomic E-state index is 12.3. The Kier molecular flexibility index (Phi) is 5.77. The highest BCUT2D eigenvalue weighted by molar-refractivity contribution is 6.33. The topological polar surface area (TPSA) is 86.6 Å². The number of amides is 1. The Hall–Kier alpha value is -3.57. The fourth-order valence-corrected chi connectivity index (χ4v) is 2.88. The quantitative estimate of drug-likeness (QED) is 0.554. The molecule has 0 fully saturated rings. The summed E-state index contributed by atoms with van der Waals surface area (Å²) >= 11 is 6.20. The summed E-state index contributed by atoms with van der Waals surface area (Å²) in [6.45, 7) is 0. The Morgan fingerprint density at radius 2 is 1.57 bits per heavy atom. The summed E-state index contributed by atoms with van der Waals surface area (Å²) in [5.74, 6) is -1.80. The van der Waals surface area contributed by atoms with Gasteiger partial charge in [0.05, 0.1) is 0 Å². The summed E-state index contributed by atoms with van der Waals surface area (Å²) in [5, 5.41) is 22.5. The zero-order valence-corrected chi connectivity index (χ0v) is 15.4. The molecular weight excluding hydrogens is 378 g/mol. The van der Waals surface area contributed by atoms with Gasteiger partial charge < -0.3 is 15.5 Å². The first-order valence-corrected chi connectivity index (χ1v) is 8.73. The summed E-state index contributed by atoms with van der Waals surface area (Å²) in [7, 11) is 0. The predicted octanol–water partition coefficient (Wildman–Crippen LogP) is 4.57. The second-order valence-corrected chi connectivity index (χ2v) is 6.35. The van der Waals surface area contributed by atoms with Crippen molar-refractivity contribution >= 4 is 29.6 Å². The van der Waals surface area contributed by atoms with Crippen LogP contribution < -0.4 is 5.32 Å². The van der Waals surface area contributed by atoms with Crippen LogP contribution in [0.3, 0.4) is 0 Å². The molecule has 0 aliphatic rings. The van der Waals surface area contributed by atoms with E-state index in [1.165, 1.54) is 12.1 Å². The predicted molar refractivity (Wildman–Crippen MR) is 108 cm³/mol. The molecule has 0 spiro atoms. The summed E-state index contributed by atoms with van der Waals surface area (Å²) in [4.78, 5) is 23.9. The molecule has 3 rings (SSSR count). The molecule has 28 heavy (non-hydrogen) atoms. The van der Waals surface area contributed by atoms with Crippen LogP contribution in [-0.4, -0.2) is 22.1 Å². The SMILES string of the molecule is O=C(O)/C(=C/c1ccc(O)c(-c2ccccc2Cl)c1)NC(=O)c1ccccc1. The van der Waals surface area contributed by atoms with Crippen LogP contribution in [0.15, 0.2) is 78.5 Å². The largest absolute Gasteiger partial charge is 0.507 e. The van der Waals surface area contributed by atoms with Gasteiger partial charge in [-0.25, -0.2) is 4.79 Å². The summed E-state index contributed by atoms with van der Waals surface area (Å²) in [5.41, 5.74) is 1.61. The molecule has 0 saturated heterocycles. The van der Waals surface area contributed by atoms with E-state index in [2.05, 4.69) is 5.32 Å². The molecule has 0 aliphatic heterocycles. The lowest BCUT2D eigenvalue weighted by Crippen LogP contribution is -2.27. The molecule has 5 nitrogen and oxygen atoms in total. The normalized spacial score (nSPS) is 11.1. The minimum Gasteiger partial charge on any atom is -0.507 e. The molecule has 140 valence electrons. The van der Waals surface area contributed by atoms with Crippen molar-refractivity contribution in [1.29, 1.82) is 0 Å². The van der Waals surface area contributed by atoms with Gasteiger partial charge in [-0.15, -0.1) is 0 Å². The number of aromatic hydroxyl groups is 1. The van der Waals surface area contributed by atoms with E-state index in [1.807, 2.05) is 0 Å². The summed E-state index contributed by atoms with van der Waals surface area (Å²) < 4.78 is 0. The molecule has 0 heterocycles. The van der Waals surface area contributed by atoms with Crippen LogP contribution in [-0.2, 0) is 4.79 Å². The van der Waals surface area contributed by atoms with Gasteiger partial charge in [-0.1, -0.05) is 54.1 Å². The average Bonchev–Trinajstić information content (AvgIpc) is 2.70. The number of carbonyl (C=O) groups excluding carboxylic acids is 1. The number of hydrogen-bond donors (Lipinski definition) is 3. The first-order chi connectivity index (χ1) is 13.5. The molecule has 0 aliphatic carbocycles. The second-order valence-electron chi connectivity index (χ2n) is 5.94. The lowest BCUT2D eigenvalue weighted by Gasteiger charge is -2.10. The molecule has 3 aromatic rings. The van der Waals surface area contributed by atoms with Gasteiger partial charge in [0.2, 0.25) is 0 Å². The fourth-order valence-electron chi connectivity index (χ4n) is 2.64. The zero-order valence-electron chi connectivity index (χ0n) is 14.6. The van der Waals surface area contributed by atoms with Crippen molar-refractivity contribution in [2.75, 3.05) is 0 Å². The zero-order chi connectivity index (χ0) is 20.1. The van der Waals surface area contributed by atoms with E-state index in [0.29, 0.717) is 27.3 Å². The van der Waals surface area contributed by atoms with E-state index in [9.17, 15) is 19.8 Å². The average molecular weight is 394 g/mol. The number of carbonyl (C=O) groups is 2. The van der Waals surface area contributed by atoms with E-state index in [4.69, 9.17) is 11.6 Å². The van der Waals surface area contributed by atoms with Crippen LogP contribution in [0.5, 0.6) is 5.75 Å². The van der Waals surface area contributed by atoms with Crippen LogP contribution in [0.1, 0.15) is 15.9 Å². The van der Waals surface area contributed by atoms with Crippen molar-refractivity contribution in [3.05, 3.63) is 94.6 Å². The summed E-state index contributed by atoms with van der Waals surface area (Å²) in [6.07, 6.45) is 1.32. The number of carboxylic acids is 1. The monoisotopic (exact) mass is 393 g/mol. The maximum Gasteiger partial charge on any atom is 0.352 e. The lowest BCUT2D eigenvalue weighted by atomic mass is 10.0. The number of phenols is 1. The Morgan fingerprint density at radius 1 is 0.893 bits per heavy atom. The van der Waals surface area contributed by atoms with Crippen molar-refractivity contribution in [2.45, 2.75) is 0 Å². The van der Waals surface area contributed by atoms with Gasteiger partial charge >= 0.3 is 5.97 Å². The molecule has 0 unspecified atom stereocenters. The van der Waals surface area contributed by atoms with Crippen molar-refractivity contribution in [2.24, 2.45) is 0 Å². The van der Waals surface area contributed by atoms with Gasteiger partial charge in [0, 0.05) is 21.7 Å². The van der Waals surface area contributed by atoms with Crippen molar-refractivity contribution in [3.8, 4) is 16.9 Å². The van der Waals surface area contributed by atoms with Crippen molar-refractivity contribution < 1.29 is 19.8 Å². The van der Waals surface area contributed by atoms with E-state index in [1.54, 1.807) is 66.7 Å². The fraction of sp³-hybridized carbons (Fsp3) is 0. The Balaban J connectivity index is 1.96. The molecular formula is C22H16ClNO4. The van der Waals surface area contributed by atoms with Gasteiger partial charge in [-0.3, -0.25) is 4.79 Å². The van der Waals surface area contributed by atoms with Crippen LogP contribution >= 0.6 is 11.6 Å². The highest BCUT2D eigenvalue weighted by atomic mass is 35.5. The first-order valence-electron chi connectivity index (χ1n) is 8.35. The van der Waals surface area contributed by atoms with E-state index < -0.39 is 11.9 Å². The number of aliphatic carboxylic acids is 1. The Morgan fingerprint density at radius 3 is 2.25 bits per heavy atom. The van der Waals surface area contributed by atoms with Gasteiger partial charge in [0.25, 0.3) is 5.91 Å². The van der Waals surface area contributed by atoms with Gasteiger partial charge in [0.15, 0.2) is 0 Å². The first kappa shape index (κ1) is 19.2. The molecule has 3 N–H and O–H groups in total. The molecule has 1 amide bonds. The molecule has 3 aromatic carbocycles. The molecule has 0 radical (unpaired) electrons. The number of nitrogens with one attached hydrogen (secondary N) is 1. The van der Waals surface area contributed by atoms with Crippen LogP contribution in [0.2, 0.25) is 5.02 Å². The van der Waals surface area contributed by atoms with E-state index >= 15 is 0 Å². The minimum absolute atomic E-state index is 0.00967. The molecule has 0 atom stereocenters. The number of rotatable bonds is 5. The third kappa shape index (κ3) is 4.39. The highest BCUT2D eigenvalue weighted by Gasteiger charge is 2.14. The number of halogens is 1. The van der Waals surface area contributed by atoms with E-state index in [-0.39, 0.29) is 11.4 Å². The molecule has 0 bridgehead atoms.